The van der Waals surface area contributed by atoms with E-state index in [2.05, 4.69) is 28.7 Å². The van der Waals surface area contributed by atoms with Crippen LogP contribution in [0.5, 0.6) is 5.75 Å². The van der Waals surface area contributed by atoms with Crippen LogP contribution in [0.15, 0.2) is 36.4 Å². The highest BCUT2D eigenvalue weighted by atomic mass is 35.5. The number of nitrogens with one attached hydrogen (secondary N) is 1. The Morgan fingerprint density at radius 3 is 2.83 bits per heavy atom. The van der Waals surface area contributed by atoms with Gasteiger partial charge in [0.15, 0.2) is 0 Å². The Morgan fingerprint density at radius 1 is 1.12 bits per heavy atom. The highest BCUT2D eigenvalue weighted by molar-refractivity contribution is 7.90. The molecule has 10 heteroatoms. The Hall–Kier alpha value is -2.33. The number of anilines is 1. The molecule has 1 spiro atoms. The van der Waals surface area contributed by atoms with Gasteiger partial charge in [-0.25, -0.2) is 13.1 Å². The van der Waals surface area contributed by atoms with Gasteiger partial charge in [0.25, 0.3) is 5.91 Å². The van der Waals surface area contributed by atoms with Crippen molar-refractivity contribution in [2.75, 3.05) is 37.0 Å². The van der Waals surface area contributed by atoms with Crippen molar-refractivity contribution >= 4 is 33.2 Å². The van der Waals surface area contributed by atoms with Crippen molar-refractivity contribution in [3.05, 3.63) is 58.1 Å². The maximum atomic E-state index is 13.2. The van der Waals surface area contributed by atoms with Gasteiger partial charge in [0.05, 0.1) is 43.0 Å². The molecule has 0 radical (unpaired) electrons. The predicted octanol–water partition coefficient (Wildman–Crippen LogP) is 4.87. The Kier molecular flexibility index (Phi) is 7.44. The lowest BCUT2D eigenvalue weighted by Crippen LogP contribution is -2.51. The van der Waals surface area contributed by atoms with E-state index in [1.165, 1.54) is 11.1 Å². The number of hydrogen-bond acceptors (Lipinski definition) is 7. The largest absolute Gasteiger partial charge is 0.490 e. The number of benzene rings is 2. The van der Waals surface area contributed by atoms with E-state index in [1.54, 1.807) is 12.1 Å². The number of ether oxygens (including phenoxy) is 3. The zero-order valence-electron chi connectivity index (χ0n) is 24.0. The summed E-state index contributed by atoms with van der Waals surface area (Å²) in [4.78, 5) is 15.6. The summed E-state index contributed by atoms with van der Waals surface area (Å²) in [6, 6.07) is 11.5. The lowest BCUT2D eigenvalue weighted by molar-refractivity contribution is -0.146. The summed E-state index contributed by atoms with van der Waals surface area (Å²) in [5.74, 6) is 0.655. The second-order valence-electron chi connectivity index (χ2n) is 13.0. The molecule has 8 nitrogen and oxygen atoms in total. The van der Waals surface area contributed by atoms with Crippen LogP contribution in [0, 0.1) is 11.8 Å². The lowest BCUT2D eigenvalue weighted by Gasteiger charge is -2.48. The van der Waals surface area contributed by atoms with E-state index in [4.69, 9.17) is 25.8 Å². The van der Waals surface area contributed by atoms with Crippen LogP contribution in [-0.4, -0.2) is 64.7 Å². The molecular weight excluding hydrogens is 576 g/mol. The minimum Gasteiger partial charge on any atom is -0.490 e. The van der Waals surface area contributed by atoms with Crippen LogP contribution in [0.25, 0.3) is 0 Å². The van der Waals surface area contributed by atoms with Gasteiger partial charge < -0.3 is 19.1 Å². The number of hydrogen-bond donors (Lipinski definition) is 1. The average Bonchev–Trinajstić information content (AvgIpc) is 3.07. The smallest absolute Gasteiger partial charge is 0.264 e. The molecule has 1 saturated carbocycles. The molecular formula is C32H39ClN2O6S. The molecule has 0 aromatic heterocycles. The van der Waals surface area contributed by atoms with Gasteiger partial charge >= 0.3 is 0 Å². The molecule has 4 bridgehead atoms. The molecule has 1 unspecified atom stereocenters. The third-order valence-electron chi connectivity index (χ3n) is 10.2. The Bertz CT molecular complexity index is 1480. The van der Waals surface area contributed by atoms with Crippen molar-refractivity contribution in [1.29, 1.82) is 0 Å². The number of halogens is 1. The van der Waals surface area contributed by atoms with Gasteiger partial charge in [0.2, 0.25) is 10.0 Å². The number of nitrogens with zero attached hydrogens (tertiary/aromatic N) is 1. The summed E-state index contributed by atoms with van der Waals surface area (Å²) in [6.45, 7) is 4.21. The lowest BCUT2D eigenvalue weighted by atomic mass is 9.67. The molecule has 5 aliphatic rings. The van der Waals surface area contributed by atoms with Gasteiger partial charge in [0.1, 0.15) is 5.75 Å². The molecule has 7 rings (SSSR count). The molecule has 1 saturated heterocycles. The van der Waals surface area contributed by atoms with Crippen molar-refractivity contribution in [3.8, 4) is 5.75 Å². The van der Waals surface area contributed by atoms with Crippen molar-refractivity contribution in [2.24, 2.45) is 11.8 Å². The van der Waals surface area contributed by atoms with Crippen molar-refractivity contribution < 1.29 is 27.4 Å². The third-order valence-corrected chi connectivity index (χ3v) is 11.6. The molecule has 2 aliphatic carbocycles. The Labute approximate surface area is 253 Å². The Balaban J connectivity index is 1.29. The Morgan fingerprint density at radius 2 is 2.00 bits per heavy atom. The summed E-state index contributed by atoms with van der Waals surface area (Å²) in [7, 11) is -3.87. The molecule has 2 fully saturated rings. The number of carbonyl (C=O) groups excluding carboxylic acids is 1. The second kappa shape index (κ2) is 11.0. The van der Waals surface area contributed by atoms with Gasteiger partial charge in [-0.3, -0.25) is 4.79 Å². The van der Waals surface area contributed by atoms with Gasteiger partial charge in [-0.15, -0.1) is 0 Å². The van der Waals surface area contributed by atoms with Crippen LogP contribution < -0.4 is 14.4 Å². The zero-order chi connectivity index (χ0) is 29.1. The maximum absolute atomic E-state index is 13.2. The minimum absolute atomic E-state index is 0.0430. The fraction of sp³-hybridized carbons (Fsp3) is 0.594. The maximum Gasteiger partial charge on any atom is 0.264 e. The van der Waals surface area contributed by atoms with Crippen molar-refractivity contribution in [2.45, 2.75) is 75.6 Å². The standard InChI is InChI=1S/C32H39ClN2O6S/c1-20-13-25-16-30(41-20)26-7-4-23(26)17-35-18-32(10-2-3-21-14-24(33)6-8-27(21)32)19-40-29-9-5-22(15-28(29)35)31(36)34-42(37,38)12-11-39-25/h5-6,8-9,14-15,20,23,25-26,30H,2-4,7,10-13,16-19H2,1H3,(H,34,36)/t20?,23-,25+,26+,30-,32-/m0/s1. The summed E-state index contributed by atoms with van der Waals surface area (Å²) in [5.41, 5.74) is 3.48. The van der Waals surface area contributed by atoms with Crippen molar-refractivity contribution in [3.63, 3.8) is 0 Å². The monoisotopic (exact) mass is 614 g/mol. The quantitative estimate of drug-likeness (QED) is 0.453. The number of amides is 1. The highest BCUT2D eigenvalue weighted by Gasteiger charge is 2.46. The molecule has 2 aromatic carbocycles. The van der Waals surface area contributed by atoms with E-state index in [0.29, 0.717) is 24.0 Å². The summed E-state index contributed by atoms with van der Waals surface area (Å²) in [6.07, 6.45) is 6.85. The molecule has 3 heterocycles. The topological polar surface area (TPSA) is 94.2 Å². The SMILES string of the molecule is CC1C[C@@H]2C[C@H](O1)[C@@H]1CC[C@H]1CN1C[C@@]3(CCCc4cc(Cl)ccc43)COc3ccc(cc31)C(=O)NS(=O)(=O)CCO2. The van der Waals surface area contributed by atoms with Crippen LogP contribution >= 0.6 is 11.6 Å². The first-order chi connectivity index (χ1) is 20.2. The summed E-state index contributed by atoms with van der Waals surface area (Å²) >= 11 is 6.41. The van der Waals surface area contributed by atoms with Crippen LogP contribution in [0.1, 0.15) is 66.9 Å². The highest BCUT2D eigenvalue weighted by Crippen LogP contribution is 2.48. The van der Waals surface area contributed by atoms with E-state index in [1.807, 2.05) is 12.1 Å². The minimum atomic E-state index is -3.87. The van der Waals surface area contributed by atoms with E-state index < -0.39 is 15.9 Å². The fourth-order valence-electron chi connectivity index (χ4n) is 7.97. The normalized spacial score (nSPS) is 34.2. The van der Waals surface area contributed by atoms with E-state index >= 15 is 0 Å². The number of fused-ring (bicyclic) bond motifs is 7. The second-order valence-corrected chi connectivity index (χ2v) is 15.3. The van der Waals surface area contributed by atoms with Gasteiger partial charge in [0, 0.05) is 35.5 Å². The molecule has 226 valence electrons. The number of aryl methyl sites for hydroxylation is 1. The van der Waals surface area contributed by atoms with Crippen LogP contribution in [0.3, 0.4) is 0 Å². The zero-order valence-corrected chi connectivity index (χ0v) is 25.6. The molecule has 1 N–H and O–H groups in total. The number of carbonyl (C=O) groups is 1. The van der Waals surface area contributed by atoms with Crippen LogP contribution in [0.4, 0.5) is 5.69 Å². The van der Waals surface area contributed by atoms with E-state index in [0.717, 1.165) is 74.5 Å². The molecule has 2 aromatic rings. The number of sulfonamides is 1. The first-order valence-corrected chi connectivity index (χ1v) is 17.3. The van der Waals surface area contributed by atoms with Crippen LogP contribution in [-0.2, 0) is 31.3 Å². The molecule has 6 atom stereocenters. The van der Waals surface area contributed by atoms with E-state index in [9.17, 15) is 13.2 Å². The van der Waals surface area contributed by atoms with Crippen molar-refractivity contribution in [1.82, 2.24) is 4.72 Å². The molecule has 3 aliphatic heterocycles. The van der Waals surface area contributed by atoms with Crippen LogP contribution in [0.2, 0.25) is 5.02 Å². The predicted molar refractivity (Wildman–Crippen MR) is 161 cm³/mol. The fourth-order valence-corrected chi connectivity index (χ4v) is 8.98. The summed E-state index contributed by atoms with van der Waals surface area (Å²) < 4.78 is 47.0. The molecule has 42 heavy (non-hydrogen) atoms. The van der Waals surface area contributed by atoms with Gasteiger partial charge in [-0.2, -0.15) is 0 Å². The van der Waals surface area contributed by atoms with Gasteiger partial charge in [-0.1, -0.05) is 17.7 Å². The first kappa shape index (κ1) is 28.4. The third kappa shape index (κ3) is 5.42. The number of rotatable bonds is 0. The average molecular weight is 615 g/mol. The summed E-state index contributed by atoms with van der Waals surface area (Å²) in [5, 5.41) is 0.751. The van der Waals surface area contributed by atoms with E-state index in [-0.39, 0.29) is 36.1 Å². The first-order valence-electron chi connectivity index (χ1n) is 15.3. The molecule has 1 amide bonds. The van der Waals surface area contributed by atoms with Gasteiger partial charge in [-0.05, 0) is 98.7 Å².